The molecule has 1 N–H and O–H groups in total. The molecule has 1 amide bonds. The van der Waals surface area contributed by atoms with Gasteiger partial charge in [0.05, 0.1) is 18.2 Å². The summed E-state index contributed by atoms with van der Waals surface area (Å²) >= 11 is 0. The number of likely N-dealkylation sites (tertiary alicyclic amines) is 1. The topological polar surface area (TPSA) is 66.6 Å². The molecule has 18 heavy (non-hydrogen) atoms. The molecule has 5 nitrogen and oxygen atoms in total. The number of carbonyl (C=O) groups excluding carboxylic acids is 1. The zero-order valence-electron chi connectivity index (χ0n) is 11.1. The van der Waals surface area contributed by atoms with Crippen LogP contribution in [0.4, 0.5) is 0 Å². The van der Waals surface area contributed by atoms with Crippen LogP contribution < -0.4 is 0 Å². The molecule has 1 saturated heterocycles. The number of aliphatic hydroxyl groups excluding tert-OH is 1. The summed E-state index contributed by atoms with van der Waals surface area (Å²) in [4.78, 5) is 14.0. The van der Waals surface area contributed by atoms with Crippen LogP contribution >= 0.6 is 0 Å². The minimum atomic E-state index is -0.345. The minimum absolute atomic E-state index is 0.0903. The van der Waals surface area contributed by atoms with Crippen LogP contribution in [0.3, 0.4) is 0 Å². The van der Waals surface area contributed by atoms with Gasteiger partial charge in [-0.3, -0.25) is 4.79 Å². The van der Waals surface area contributed by atoms with E-state index >= 15 is 0 Å². The van der Waals surface area contributed by atoms with Gasteiger partial charge in [0, 0.05) is 24.6 Å². The summed E-state index contributed by atoms with van der Waals surface area (Å²) in [6.45, 7) is 6.84. The van der Waals surface area contributed by atoms with E-state index in [1.807, 2.05) is 18.7 Å². The Labute approximate surface area is 107 Å². The Kier molecular flexibility index (Phi) is 3.71. The maximum atomic E-state index is 12.2. The molecule has 2 atom stereocenters. The SMILES string of the molecule is Cc1noc(C)c1CC(=O)N1CCC(C(C)O)C1. The van der Waals surface area contributed by atoms with E-state index in [0.29, 0.717) is 18.7 Å². The lowest BCUT2D eigenvalue weighted by molar-refractivity contribution is -0.129. The first kappa shape index (κ1) is 13.1. The fourth-order valence-corrected chi connectivity index (χ4v) is 2.42. The number of hydrogen-bond donors (Lipinski definition) is 1. The van der Waals surface area contributed by atoms with Gasteiger partial charge in [-0.05, 0) is 27.2 Å². The van der Waals surface area contributed by atoms with Gasteiger partial charge in [0.2, 0.25) is 5.91 Å². The summed E-state index contributed by atoms with van der Waals surface area (Å²) < 4.78 is 5.06. The molecule has 1 aliphatic heterocycles. The third-order valence-electron chi connectivity index (χ3n) is 3.77. The van der Waals surface area contributed by atoms with Crippen molar-refractivity contribution in [3.8, 4) is 0 Å². The molecule has 1 aromatic rings. The fraction of sp³-hybridized carbons (Fsp3) is 0.692. The van der Waals surface area contributed by atoms with Gasteiger partial charge < -0.3 is 14.5 Å². The maximum Gasteiger partial charge on any atom is 0.227 e. The van der Waals surface area contributed by atoms with Crippen molar-refractivity contribution in [1.29, 1.82) is 0 Å². The predicted octanol–water partition coefficient (Wildman–Crippen LogP) is 1.06. The molecular formula is C13H20N2O3. The van der Waals surface area contributed by atoms with E-state index in [1.165, 1.54) is 0 Å². The first-order chi connectivity index (χ1) is 8.49. The molecule has 0 saturated carbocycles. The van der Waals surface area contributed by atoms with Gasteiger partial charge in [-0.15, -0.1) is 0 Å². The lowest BCUT2D eigenvalue weighted by Gasteiger charge is -2.17. The van der Waals surface area contributed by atoms with E-state index in [1.54, 1.807) is 6.92 Å². The second-order valence-corrected chi connectivity index (χ2v) is 5.11. The Hall–Kier alpha value is -1.36. The van der Waals surface area contributed by atoms with Crippen molar-refractivity contribution in [1.82, 2.24) is 10.1 Å². The molecule has 0 spiro atoms. The van der Waals surface area contributed by atoms with Crippen molar-refractivity contribution >= 4 is 5.91 Å². The van der Waals surface area contributed by atoms with Crippen LogP contribution in [-0.2, 0) is 11.2 Å². The molecule has 1 fully saturated rings. The van der Waals surface area contributed by atoms with Crippen LogP contribution in [0.2, 0.25) is 0 Å². The van der Waals surface area contributed by atoms with Gasteiger partial charge >= 0.3 is 0 Å². The Bertz CT molecular complexity index is 420. The van der Waals surface area contributed by atoms with Gasteiger partial charge in [-0.25, -0.2) is 0 Å². The largest absolute Gasteiger partial charge is 0.393 e. The lowest BCUT2D eigenvalue weighted by Crippen LogP contribution is -2.31. The zero-order chi connectivity index (χ0) is 13.3. The van der Waals surface area contributed by atoms with Crippen LogP contribution in [-0.4, -0.2) is 40.3 Å². The summed E-state index contributed by atoms with van der Waals surface area (Å²) in [5, 5.41) is 13.4. The summed E-state index contributed by atoms with van der Waals surface area (Å²) in [7, 11) is 0. The molecule has 1 aromatic heterocycles. The standard InChI is InChI=1S/C13H20N2O3/c1-8-12(10(3)18-14-8)6-13(17)15-5-4-11(7-15)9(2)16/h9,11,16H,4-7H2,1-3H3. The van der Waals surface area contributed by atoms with Crippen LogP contribution in [0.15, 0.2) is 4.52 Å². The molecule has 0 radical (unpaired) electrons. The Morgan fingerprint density at radius 2 is 2.33 bits per heavy atom. The molecule has 5 heteroatoms. The smallest absolute Gasteiger partial charge is 0.227 e. The average molecular weight is 252 g/mol. The highest BCUT2D eigenvalue weighted by Crippen LogP contribution is 2.21. The third-order valence-corrected chi connectivity index (χ3v) is 3.77. The molecule has 0 bridgehead atoms. The Morgan fingerprint density at radius 1 is 1.61 bits per heavy atom. The lowest BCUT2D eigenvalue weighted by atomic mass is 10.0. The normalized spacial score (nSPS) is 21.3. The molecule has 2 heterocycles. The second kappa shape index (κ2) is 5.10. The molecule has 100 valence electrons. The third kappa shape index (κ3) is 2.56. The van der Waals surface area contributed by atoms with Crippen LogP contribution in [0.25, 0.3) is 0 Å². The van der Waals surface area contributed by atoms with Crippen molar-refractivity contribution < 1.29 is 14.4 Å². The number of aromatic nitrogens is 1. The first-order valence-corrected chi connectivity index (χ1v) is 6.36. The van der Waals surface area contributed by atoms with Gasteiger partial charge in [-0.1, -0.05) is 5.16 Å². The van der Waals surface area contributed by atoms with E-state index < -0.39 is 0 Å². The van der Waals surface area contributed by atoms with E-state index in [2.05, 4.69) is 5.16 Å². The highest BCUT2D eigenvalue weighted by Gasteiger charge is 2.29. The summed E-state index contributed by atoms with van der Waals surface area (Å²) in [5.41, 5.74) is 1.67. The fourth-order valence-electron chi connectivity index (χ4n) is 2.42. The molecule has 2 rings (SSSR count). The highest BCUT2D eigenvalue weighted by molar-refractivity contribution is 5.79. The van der Waals surface area contributed by atoms with Crippen LogP contribution in [0, 0.1) is 19.8 Å². The number of rotatable bonds is 3. The highest BCUT2D eigenvalue weighted by atomic mass is 16.5. The second-order valence-electron chi connectivity index (χ2n) is 5.11. The van der Waals surface area contributed by atoms with E-state index in [0.717, 1.165) is 24.2 Å². The van der Waals surface area contributed by atoms with Crippen molar-refractivity contribution in [3.63, 3.8) is 0 Å². The number of aryl methyl sites for hydroxylation is 2. The van der Waals surface area contributed by atoms with Crippen molar-refractivity contribution in [2.24, 2.45) is 5.92 Å². The summed E-state index contributed by atoms with van der Waals surface area (Å²) in [6, 6.07) is 0. The molecule has 0 aliphatic carbocycles. The molecule has 1 aliphatic rings. The number of nitrogens with zero attached hydrogens (tertiary/aromatic N) is 2. The molecule has 2 unspecified atom stereocenters. The number of hydrogen-bond acceptors (Lipinski definition) is 4. The van der Waals surface area contributed by atoms with E-state index in [-0.39, 0.29) is 17.9 Å². The number of amides is 1. The number of carbonyl (C=O) groups is 1. The Balaban J connectivity index is 1.98. The zero-order valence-corrected chi connectivity index (χ0v) is 11.1. The molecule has 0 aromatic carbocycles. The average Bonchev–Trinajstić information content (AvgIpc) is 2.91. The van der Waals surface area contributed by atoms with Crippen LogP contribution in [0.1, 0.15) is 30.4 Å². The van der Waals surface area contributed by atoms with Crippen molar-refractivity contribution in [3.05, 3.63) is 17.0 Å². The first-order valence-electron chi connectivity index (χ1n) is 6.36. The van der Waals surface area contributed by atoms with Gasteiger partial charge in [0.25, 0.3) is 0 Å². The van der Waals surface area contributed by atoms with Crippen molar-refractivity contribution in [2.75, 3.05) is 13.1 Å². The summed E-state index contributed by atoms with van der Waals surface area (Å²) in [6.07, 6.45) is 0.875. The Morgan fingerprint density at radius 3 is 2.83 bits per heavy atom. The predicted molar refractivity (Wildman–Crippen MR) is 66.0 cm³/mol. The number of aliphatic hydroxyl groups is 1. The van der Waals surface area contributed by atoms with Gasteiger partial charge in [-0.2, -0.15) is 0 Å². The monoisotopic (exact) mass is 252 g/mol. The maximum absolute atomic E-state index is 12.2. The molecular weight excluding hydrogens is 232 g/mol. The quantitative estimate of drug-likeness (QED) is 0.873. The van der Waals surface area contributed by atoms with Crippen molar-refractivity contribution in [2.45, 2.75) is 39.7 Å². The van der Waals surface area contributed by atoms with E-state index in [4.69, 9.17) is 4.52 Å². The minimum Gasteiger partial charge on any atom is -0.393 e. The van der Waals surface area contributed by atoms with Gasteiger partial charge in [0.15, 0.2) is 0 Å². The van der Waals surface area contributed by atoms with E-state index in [9.17, 15) is 9.90 Å². The summed E-state index contributed by atoms with van der Waals surface area (Å²) in [5.74, 6) is 1.01. The van der Waals surface area contributed by atoms with Crippen LogP contribution in [0.5, 0.6) is 0 Å². The van der Waals surface area contributed by atoms with Gasteiger partial charge in [0.1, 0.15) is 5.76 Å².